The molecule has 8 N–H and O–H groups in total. The Morgan fingerprint density at radius 1 is 1.21 bits per heavy atom. The molecule has 0 aliphatic carbocycles. The Balaban J connectivity index is 3.34. The van der Waals surface area contributed by atoms with Crippen LogP contribution in [0, 0.1) is 10.1 Å². The summed E-state index contributed by atoms with van der Waals surface area (Å²) in [7, 11) is 0. The molecule has 1 heterocycles. The molecule has 0 bridgehead atoms. The van der Waals surface area contributed by atoms with Crippen molar-refractivity contribution in [2.24, 2.45) is 23.2 Å². The van der Waals surface area contributed by atoms with Gasteiger partial charge in [-0.05, 0) is 4.92 Å². The van der Waals surface area contributed by atoms with E-state index in [0.717, 1.165) is 6.20 Å². The van der Waals surface area contributed by atoms with Crippen molar-refractivity contribution in [3.8, 4) is 0 Å². The lowest BCUT2D eigenvalue weighted by Gasteiger charge is -2.13. The second-order valence-corrected chi connectivity index (χ2v) is 3.05. The number of carbonyl (C=O) groups is 2. The average molecular weight is 271 g/mol. The van der Waals surface area contributed by atoms with Crippen LogP contribution in [0.3, 0.4) is 0 Å². The van der Waals surface area contributed by atoms with Gasteiger partial charge in [0.25, 0.3) is 0 Å². The second kappa shape index (κ2) is 5.07. The van der Waals surface area contributed by atoms with Crippen molar-refractivity contribution in [2.75, 3.05) is 10.0 Å². The Kier molecular flexibility index (Phi) is 3.73. The molecule has 0 saturated carbocycles. The summed E-state index contributed by atoms with van der Waals surface area (Å²) in [5.41, 5.74) is 9.23. The Morgan fingerprint density at radius 2 is 1.74 bits per heavy atom. The van der Waals surface area contributed by atoms with Gasteiger partial charge in [0.15, 0.2) is 5.69 Å². The van der Waals surface area contributed by atoms with Gasteiger partial charge in [0.2, 0.25) is 0 Å². The van der Waals surface area contributed by atoms with Crippen LogP contribution in [0.15, 0.2) is 6.20 Å². The van der Waals surface area contributed by atoms with E-state index in [2.05, 4.69) is 9.97 Å². The molecule has 13 nitrogen and oxygen atoms in total. The van der Waals surface area contributed by atoms with Gasteiger partial charge in [-0.2, -0.15) is 9.99 Å². The monoisotopic (exact) mass is 271 g/mol. The van der Waals surface area contributed by atoms with Crippen LogP contribution in [0.2, 0.25) is 0 Å². The highest BCUT2D eigenvalue weighted by Crippen LogP contribution is 2.24. The molecule has 0 aromatic carbocycles. The summed E-state index contributed by atoms with van der Waals surface area (Å²) in [6.45, 7) is 0. The number of hydrazine groups is 2. The van der Waals surface area contributed by atoms with E-state index >= 15 is 0 Å². The Hall–Kier alpha value is -3.06. The Morgan fingerprint density at radius 3 is 2.16 bits per heavy atom. The van der Waals surface area contributed by atoms with Crippen LogP contribution in [0.25, 0.3) is 0 Å². The molecule has 0 aliphatic rings. The van der Waals surface area contributed by atoms with Crippen molar-refractivity contribution in [1.29, 1.82) is 0 Å². The zero-order chi connectivity index (χ0) is 14.7. The van der Waals surface area contributed by atoms with E-state index in [1.165, 1.54) is 0 Å². The standard InChI is InChI=1S/C6H9N9O4/c7-4(16)13(9)2-1-11-6(14(10)5(8)17)12-3(2)15(18)19/h1H,9-10H2,(H2,7,16)(H2,8,17). The molecule has 1 aromatic heterocycles. The van der Waals surface area contributed by atoms with Crippen LogP contribution < -0.4 is 33.2 Å². The van der Waals surface area contributed by atoms with Crippen LogP contribution in [0.4, 0.5) is 27.0 Å². The smallest absolute Gasteiger partial charge is 0.358 e. The maximum Gasteiger partial charge on any atom is 0.394 e. The van der Waals surface area contributed by atoms with Crippen LogP contribution >= 0.6 is 0 Å². The highest BCUT2D eigenvalue weighted by atomic mass is 16.6. The number of nitrogens with two attached hydrogens (primary N) is 4. The maximum absolute atomic E-state index is 10.8. The molecule has 0 saturated heterocycles. The predicted octanol–water partition coefficient (Wildman–Crippen LogP) is -2.10. The number of nitro groups is 1. The number of hydrogen-bond acceptors (Lipinski definition) is 8. The van der Waals surface area contributed by atoms with E-state index in [1.807, 2.05) is 0 Å². The molecule has 1 aromatic rings. The van der Waals surface area contributed by atoms with E-state index in [1.54, 1.807) is 0 Å². The van der Waals surface area contributed by atoms with E-state index in [4.69, 9.17) is 23.2 Å². The molecule has 0 unspecified atom stereocenters. The van der Waals surface area contributed by atoms with Gasteiger partial charge in [0.1, 0.15) is 0 Å². The van der Waals surface area contributed by atoms with E-state index in [9.17, 15) is 19.7 Å². The first-order chi connectivity index (χ1) is 8.75. The molecular formula is C6H9N9O4. The molecule has 13 heteroatoms. The van der Waals surface area contributed by atoms with Gasteiger partial charge < -0.3 is 21.6 Å². The minimum absolute atomic E-state index is 0.271. The number of rotatable bonds is 3. The van der Waals surface area contributed by atoms with Gasteiger partial charge in [-0.15, -0.1) is 0 Å². The third kappa shape index (κ3) is 2.79. The summed E-state index contributed by atoms with van der Waals surface area (Å²) in [5, 5.41) is 11.3. The first-order valence-corrected chi connectivity index (χ1v) is 4.45. The fourth-order valence-corrected chi connectivity index (χ4v) is 0.995. The fourth-order valence-electron chi connectivity index (χ4n) is 0.995. The Bertz CT molecular complexity index is 546. The summed E-state index contributed by atoms with van der Waals surface area (Å²) in [6, 6.07) is -2.31. The largest absolute Gasteiger partial charge is 0.394 e. The van der Waals surface area contributed by atoms with Gasteiger partial charge in [0, 0.05) is 4.98 Å². The minimum atomic E-state index is -1.17. The van der Waals surface area contributed by atoms with E-state index in [-0.39, 0.29) is 10.0 Å². The molecule has 0 atom stereocenters. The highest BCUT2D eigenvalue weighted by Gasteiger charge is 2.27. The number of primary amides is 2. The van der Waals surface area contributed by atoms with Gasteiger partial charge >= 0.3 is 23.8 Å². The SMILES string of the molecule is NC(=O)N(N)c1ncc(N(N)C(N)=O)c([N+](=O)[O-])n1. The number of nitrogens with zero attached hydrogens (tertiary/aromatic N) is 5. The van der Waals surface area contributed by atoms with E-state index in [0.29, 0.717) is 0 Å². The number of urea groups is 2. The van der Waals surface area contributed by atoms with Crippen molar-refractivity contribution in [3.63, 3.8) is 0 Å². The quantitative estimate of drug-likeness (QED) is 0.206. The van der Waals surface area contributed by atoms with Gasteiger partial charge in [-0.25, -0.2) is 26.3 Å². The summed E-state index contributed by atoms with van der Waals surface area (Å²) < 4.78 is 0. The van der Waals surface area contributed by atoms with Crippen molar-refractivity contribution in [1.82, 2.24) is 9.97 Å². The molecule has 102 valence electrons. The number of carbonyl (C=O) groups excluding carboxylic acids is 2. The van der Waals surface area contributed by atoms with Crippen LogP contribution in [-0.4, -0.2) is 27.0 Å². The summed E-state index contributed by atoms with van der Waals surface area (Å²) >= 11 is 0. The highest BCUT2D eigenvalue weighted by molar-refractivity contribution is 5.92. The third-order valence-electron chi connectivity index (χ3n) is 1.86. The van der Waals surface area contributed by atoms with Gasteiger partial charge in [0.05, 0.1) is 6.20 Å². The number of aromatic nitrogens is 2. The zero-order valence-electron chi connectivity index (χ0n) is 9.26. The average Bonchev–Trinajstić information content (AvgIpc) is 2.35. The summed E-state index contributed by atoms with van der Waals surface area (Å²) in [5.74, 6) is 8.95. The molecule has 0 spiro atoms. The molecular weight excluding hydrogens is 262 g/mol. The summed E-state index contributed by atoms with van der Waals surface area (Å²) in [4.78, 5) is 38.3. The molecule has 19 heavy (non-hydrogen) atoms. The Labute approximate surface area is 104 Å². The van der Waals surface area contributed by atoms with Crippen molar-refractivity contribution in [2.45, 2.75) is 0 Å². The zero-order valence-corrected chi connectivity index (χ0v) is 9.26. The fraction of sp³-hybridized carbons (Fsp3) is 0. The van der Waals surface area contributed by atoms with Gasteiger partial charge in [-0.1, -0.05) is 0 Å². The maximum atomic E-state index is 10.8. The lowest BCUT2D eigenvalue weighted by molar-refractivity contribution is -0.388. The van der Waals surface area contributed by atoms with Gasteiger partial charge in [-0.3, -0.25) is 0 Å². The van der Waals surface area contributed by atoms with Crippen molar-refractivity contribution < 1.29 is 14.5 Å². The van der Waals surface area contributed by atoms with Crippen molar-refractivity contribution in [3.05, 3.63) is 16.3 Å². The number of amides is 4. The molecule has 0 aliphatic heterocycles. The topological polar surface area (TPSA) is 214 Å². The van der Waals surface area contributed by atoms with Crippen molar-refractivity contribution >= 4 is 29.5 Å². The lowest BCUT2D eigenvalue weighted by atomic mass is 10.4. The molecule has 1 rings (SSSR count). The minimum Gasteiger partial charge on any atom is -0.358 e. The lowest BCUT2D eigenvalue weighted by Crippen LogP contribution is -2.44. The first-order valence-electron chi connectivity index (χ1n) is 4.45. The first kappa shape index (κ1) is 14.0. The summed E-state index contributed by atoms with van der Waals surface area (Å²) in [6.07, 6.45) is 0.800. The van der Waals surface area contributed by atoms with E-state index < -0.39 is 34.4 Å². The van der Waals surface area contributed by atoms with Crippen LogP contribution in [0.5, 0.6) is 0 Å². The molecule has 0 fully saturated rings. The molecule has 0 radical (unpaired) electrons. The molecule has 4 amide bonds. The third-order valence-corrected chi connectivity index (χ3v) is 1.86. The predicted molar refractivity (Wildman–Crippen MR) is 61.2 cm³/mol. The number of hydrogen-bond donors (Lipinski definition) is 4. The second-order valence-electron chi connectivity index (χ2n) is 3.05. The number of anilines is 2. The van der Waals surface area contributed by atoms with Crippen LogP contribution in [0.1, 0.15) is 0 Å². The normalized spacial score (nSPS) is 9.79. The van der Waals surface area contributed by atoms with Crippen LogP contribution in [-0.2, 0) is 0 Å².